The summed E-state index contributed by atoms with van der Waals surface area (Å²) in [7, 11) is 1.60. The molecular formula is C23H28O2. The van der Waals surface area contributed by atoms with E-state index in [2.05, 4.69) is 52.8 Å². The minimum absolute atomic E-state index is 0.120. The van der Waals surface area contributed by atoms with Crippen LogP contribution in [-0.2, 0) is 10.8 Å². The van der Waals surface area contributed by atoms with Gasteiger partial charge in [0, 0.05) is 0 Å². The van der Waals surface area contributed by atoms with Crippen molar-refractivity contribution in [3.05, 3.63) is 52.6 Å². The first-order valence-electron chi connectivity index (χ1n) is 8.99. The van der Waals surface area contributed by atoms with Gasteiger partial charge >= 0.3 is 0 Å². The molecule has 2 nitrogen and oxygen atoms in total. The molecule has 0 saturated carbocycles. The lowest BCUT2D eigenvalue weighted by molar-refractivity contribution is 0.112. The lowest BCUT2D eigenvalue weighted by atomic mass is 9.61. The van der Waals surface area contributed by atoms with Crippen molar-refractivity contribution in [1.82, 2.24) is 0 Å². The van der Waals surface area contributed by atoms with E-state index in [1.165, 1.54) is 35.1 Å². The lowest BCUT2D eigenvalue weighted by Crippen LogP contribution is -2.34. The van der Waals surface area contributed by atoms with E-state index >= 15 is 0 Å². The van der Waals surface area contributed by atoms with E-state index in [0.29, 0.717) is 11.3 Å². The Morgan fingerprint density at radius 1 is 1.00 bits per heavy atom. The molecule has 25 heavy (non-hydrogen) atoms. The minimum Gasteiger partial charge on any atom is -0.496 e. The molecule has 0 radical (unpaired) electrons. The fourth-order valence-electron chi connectivity index (χ4n) is 4.16. The van der Waals surface area contributed by atoms with Gasteiger partial charge in [0.25, 0.3) is 0 Å². The molecular weight excluding hydrogens is 308 g/mol. The molecule has 2 aromatic carbocycles. The van der Waals surface area contributed by atoms with E-state index in [1.807, 2.05) is 12.1 Å². The van der Waals surface area contributed by atoms with Gasteiger partial charge in [0.2, 0.25) is 0 Å². The van der Waals surface area contributed by atoms with Gasteiger partial charge in [-0.2, -0.15) is 0 Å². The van der Waals surface area contributed by atoms with Gasteiger partial charge in [-0.05, 0) is 65.0 Å². The van der Waals surface area contributed by atoms with Crippen molar-refractivity contribution < 1.29 is 9.53 Å². The Morgan fingerprint density at radius 3 is 2.32 bits per heavy atom. The number of aryl methyl sites for hydroxylation is 1. The van der Waals surface area contributed by atoms with Crippen LogP contribution in [0.1, 0.15) is 67.6 Å². The summed E-state index contributed by atoms with van der Waals surface area (Å²) < 4.78 is 5.31. The molecule has 0 aromatic heterocycles. The maximum Gasteiger partial charge on any atom is 0.153 e. The molecule has 3 rings (SSSR count). The second-order valence-electron chi connectivity index (χ2n) is 8.58. The molecule has 0 bridgehead atoms. The fourth-order valence-corrected chi connectivity index (χ4v) is 4.16. The number of carbonyl (C=O) groups is 1. The van der Waals surface area contributed by atoms with Crippen molar-refractivity contribution in [2.75, 3.05) is 7.11 Å². The van der Waals surface area contributed by atoms with Crippen molar-refractivity contribution in [2.45, 2.75) is 58.3 Å². The van der Waals surface area contributed by atoms with Crippen molar-refractivity contribution in [3.8, 4) is 16.9 Å². The third-order valence-electron chi connectivity index (χ3n) is 5.73. The highest BCUT2D eigenvalue weighted by atomic mass is 16.5. The van der Waals surface area contributed by atoms with E-state index < -0.39 is 0 Å². The van der Waals surface area contributed by atoms with E-state index in [4.69, 9.17) is 4.74 Å². The van der Waals surface area contributed by atoms with Crippen molar-refractivity contribution in [1.29, 1.82) is 0 Å². The molecule has 1 aliphatic carbocycles. The second kappa shape index (κ2) is 6.01. The molecule has 0 atom stereocenters. The summed E-state index contributed by atoms with van der Waals surface area (Å²) in [5, 5.41) is 0. The Balaban J connectivity index is 2.31. The van der Waals surface area contributed by atoms with Crippen LogP contribution in [0.2, 0.25) is 0 Å². The fraction of sp³-hybridized carbons (Fsp3) is 0.435. The molecule has 132 valence electrons. The molecule has 0 unspecified atom stereocenters. The van der Waals surface area contributed by atoms with Crippen molar-refractivity contribution >= 4 is 6.29 Å². The monoisotopic (exact) mass is 336 g/mol. The Bertz CT molecular complexity index is 828. The van der Waals surface area contributed by atoms with Crippen LogP contribution in [0.4, 0.5) is 0 Å². The van der Waals surface area contributed by atoms with Gasteiger partial charge in [0.05, 0.1) is 12.7 Å². The standard InChI is InChI=1S/C23H28O2/c1-15-11-18(16-7-8-20(25-6)17(13-16)14-24)21-19(12-15)22(2,3)9-10-23(21,4)5/h7-8,11-14H,9-10H2,1-6H3. The first-order chi connectivity index (χ1) is 11.7. The van der Waals surface area contributed by atoms with E-state index in [-0.39, 0.29) is 10.8 Å². The SMILES string of the molecule is COc1ccc(-c2cc(C)cc3c2C(C)(C)CCC3(C)C)cc1C=O. The van der Waals surface area contributed by atoms with Crippen molar-refractivity contribution in [2.24, 2.45) is 0 Å². The summed E-state index contributed by atoms with van der Waals surface area (Å²) in [5.74, 6) is 0.625. The summed E-state index contributed by atoms with van der Waals surface area (Å²) in [4.78, 5) is 11.5. The molecule has 0 N–H and O–H groups in total. The number of benzene rings is 2. The van der Waals surface area contributed by atoms with Crippen LogP contribution >= 0.6 is 0 Å². The molecule has 0 aliphatic heterocycles. The molecule has 0 spiro atoms. The van der Waals surface area contributed by atoms with Crippen LogP contribution in [0.25, 0.3) is 11.1 Å². The first kappa shape index (κ1) is 17.7. The Kier molecular flexibility index (Phi) is 4.26. The van der Waals surface area contributed by atoms with Crippen LogP contribution in [0.5, 0.6) is 5.75 Å². The highest BCUT2D eigenvalue weighted by Crippen LogP contribution is 2.50. The molecule has 0 fully saturated rings. The van der Waals surface area contributed by atoms with Crippen molar-refractivity contribution in [3.63, 3.8) is 0 Å². The average molecular weight is 336 g/mol. The molecule has 0 heterocycles. The number of methoxy groups -OCH3 is 1. The highest BCUT2D eigenvalue weighted by Gasteiger charge is 2.38. The molecule has 1 aliphatic rings. The van der Waals surface area contributed by atoms with Crippen LogP contribution < -0.4 is 4.74 Å². The van der Waals surface area contributed by atoms with Crippen LogP contribution in [0.3, 0.4) is 0 Å². The summed E-state index contributed by atoms with van der Waals surface area (Å²) >= 11 is 0. The minimum atomic E-state index is 0.120. The predicted molar refractivity (Wildman–Crippen MR) is 104 cm³/mol. The van der Waals surface area contributed by atoms with E-state index in [9.17, 15) is 4.79 Å². The average Bonchev–Trinajstić information content (AvgIpc) is 2.57. The van der Waals surface area contributed by atoms with E-state index in [1.54, 1.807) is 7.11 Å². The zero-order valence-electron chi connectivity index (χ0n) is 16.2. The number of hydrogen-bond donors (Lipinski definition) is 0. The summed E-state index contributed by atoms with van der Waals surface area (Å²) in [6, 6.07) is 10.5. The molecule has 0 amide bonds. The predicted octanol–water partition coefficient (Wildman–Crippen LogP) is 5.83. The van der Waals surface area contributed by atoms with Crippen LogP contribution in [0, 0.1) is 6.92 Å². The zero-order chi connectivity index (χ0) is 18.4. The Hall–Kier alpha value is -2.09. The molecule has 2 heteroatoms. The van der Waals surface area contributed by atoms with Gasteiger partial charge in [-0.25, -0.2) is 0 Å². The first-order valence-corrected chi connectivity index (χ1v) is 8.99. The van der Waals surface area contributed by atoms with Gasteiger partial charge in [0.15, 0.2) is 6.29 Å². The maximum absolute atomic E-state index is 11.5. The Labute approximate surface area is 151 Å². The summed E-state index contributed by atoms with van der Waals surface area (Å²) in [6.45, 7) is 11.5. The number of ether oxygens (including phenoxy) is 1. The number of hydrogen-bond acceptors (Lipinski definition) is 2. The largest absolute Gasteiger partial charge is 0.496 e. The lowest BCUT2D eigenvalue weighted by Gasteiger charge is -2.43. The maximum atomic E-state index is 11.5. The van der Waals surface area contributed by atoms with E-state index in [0.717, 1.165) is 11.8 Å². The van der Waals surface area contributed by atoms with Gasteiger partial charge in [-0.3, -0.25) is 4.79 Å². The third-order valence-corrected chi connectivity index (χ3v) is 5.73. The quantitative estimate of drug-likeness (QED) is 0.659. The summed E-state index contributed by atoms with van der Waals surface area (Å²) in [6.07, 6.45) is 3.23. The smallest absolute Gasteiger partial charge is 0.153 e. The number of fused-ring (bicyclic) bond motifs is 1. The van der Waals surface area contributed by atoms with Crippen LogP contribution in [-0.4, -0.2) is 13.4 Å². The van der Waals surface area contributed by atoms with Gasteiger partial charge in [-0.15, -0.1) is 0 Å². The normalized spacial score (nSPS) is 17.7. The zero-order valence-corrected chi connectivity index (χ0v) is 16.2. The van der Waals surface area contributed by atoms with Gasteiger partial charge in [-0.1, -0.05) is 51.5 Å². The third kappa shape index (κ3) is 2.99. The number of carbonyl (C=O) groups excluding carboxylic acids is 1. The van der Waals surface area contributed by atoms with Gasteiger partial charge in [0.1, 0.15) is 5.75 Å². The topological polar surface area (TPSA) is 26.3 Å². The second-order valence-corrected chi connectivity index (χ2v) is 8.58. The molecule has 2 aromatic rings. The van der Waals surface area contributed by atoms with Gasteiger partial charge < -0.3 is 4.74 Å². The highest BCUT2D eigenvalue weighted by molar-refractivity contribution is 5.84. The Morgan fingerprint density at radius 2 is 1.68 bits per heavy atom. The number of aldehydes is 1. The summed E-state index contributed by atoms with van der Waals surface area (Å²) in [5.41, 5.74) is 7.37. The number of rotatable bonds is 3. The molecule has 0 saturated heterocycles. The van der Waals surface area contributed by atoms with Crippen LogP contribution in [0.15, 0.2) is 30.3 Å².